The molecule has 2 aromatic rings. The molecule has 0 atom stereocenters. The number of carbonyl (C=O) groups is 1. The number of carbonyl (C=O) groups excluding carboxylic acids is 1. The van der Waals surface area contributed by atoms with E-state index in [1.807, 2.05) is 31.2 Å². The second-order valence-corrected chi connectivity index (χ2v) is 5.17. The van der Waals surface area contributed by atoms with Gasteiger partial charge in [-0.2, -0.15) is 0 Å². The maximum atomic E-state index is 11.8. The smallest absolute Gasteiger partial charge is 0.226 e. The van der Waals surface area contributed by atoms with Crippen LogP contribution in [-0.2, 0) is 11.2 Å². The predicted octanol–water partition coefficient (Wildman–Crippen LogP) is 2.43. The maximum absolute atomic E-state index is 11.8. The molecule has 0 unspecified atom stereocenters. The van der Waals surface area contributed by atoms with Crippen molar-refractivity contribution in [1.82, 2.24) is 10.2 Å². The summed E-state index contributed by atoms with van der Waals surface area (Å²) in [7, 11) is 1.63. The Bertz CT molecular complexity index is 569. The van der Waals surface area contributed by atoms with Gasteiger partial charge >= 0.3 is 0 Å². The van der Waals surface area contributed by atoms with Gasteiger partial charge in [0.15, 0.2) is 0 Å². The van der Waals surface area contributed by atoms with Gasteiger partial charge in [-0.1, -0.05) is 29.5 Å². The van der Waals surface area contributed by atoms with Crippen LogP contribution < -0.4 is 10.1 Å². The van der Waals surface area contributed by atoms with Gasteiger partial charge in [0.1, 0.15) is 10.8 Å². The van der Waals surface area contributed by atoms with Crippen LogP contribution in [0.1, 0.15) is 17.0 Å². The van der Waals surface area contributed by atoms with Crippen molar-refractivity contribution in [2.45, 2.75) is 19.8 Å². The lowest BCUT2D eigenvalue weighted by Gasteiger charge is -2.07. The number of anilines is 1. The van der Waals surface area contributed by atoms with E-state index in [9.17, 15) is 4.79 Å². The van der Waals surface area contributed by atoms with Crippen molar-refractivity contribution in [3.05, 3.63) is 34.8 Å². The van der Waals surface area contributed by atoms with Gasteiger partial charge in [-0.05, 0) is 25.0 Å². The lowest BCUT2D eigenvalue weighted by atomic mass is 10.1. The Morgan fingerprint density at radius 2 is 2.16 bits per heavy atom. The second kappa shape index (κ2) is 6.29. The third-order valence-corrected chi connectivity index (χ3v) is 3.34. The molecular formula is C13H15N3O2S. The first kappa shape index (κ1) is 13.5. The molecule has 2 rings (SSSR count). The summed E-state index contributed by atoms with van der Waals surface area (Å²) >= 11 is 1.37. The van der Waals surface area contributed by atoms with E-state index in [1.54, 1.807) is 7.11 Å². The van der Waals surface area contributed by atoms with Gasteiger partial charge in [0.2, 0.25) is 11.0 Å². The van der Waals surface area contributed by atoms with Crippen LogP contribution in [0, 0.1) is 6.92 Å². The fourth-order valence-corrected chi connectivity index (χ4v) is 2.29. The lowest BCUT2D eigenvalue weighted by molar-refractivity contribution is -0.116. The Morgan fingerprint density at radius 3 is 2.84 bits per heavy atom. The van der Waals surface area contributed by atoms with Crippen molar-refractivity contribution in [3.63, 3.8) is 0 Å². The van der Waals surface area contributed by atoms with E-state index >= 15 is 0 Å². The highest BCUT2D eigenvalue weighted by atomic mass is 32.1. The van der Waals surface area contributed by atoms with Gasteiger partial charge in [-0.15, -0.1) is 10.2 Å². The maximum Gasteiger partial charge on any atom is 0.226 e. The fraction of sp³-hybridized carbons (Fsp3) is 0.308. The summed E-state index contributed by atoms with van der Waals surface area (Å²) in [5.41, 5.74) is 1.02. The number of hydrogen-bond acceptors (Lipinski definition) is 5. The molecule has 1 aromatic heterocycles. The monoisotopic (exact) mass is 277 g/mol. The number of benzene rings is 1. The molecule has 0 aliphatic heterocycles. The third-order valence-electron chi connectivity index (χ3n) is 2.59. The Balaban J connectivity index is 1.89. The number of methoxy groups -OCH3 is 1. The number of nitrogens with one attached hydrogen (secondary N) is 1. The molecule has 6 heteroatoms. The molecule has 0 bridgehead atoms. The van der Waals surface area contributed by atoms with Crippen LogP contribution in [0.2, 0.25) is 0 Å². The molecule has 0 radical (unpaired) electrons. The number of ether oxygens (including phenoxy) is 1. The highest BCUT2D eigenvalue weighted by molar-refractivity contribution is 7.15. The van der Waals surface area contributed by atoms with Gasteiger partial charge in [0.05, 0.1) is 7.11 Å². The van der Waals surface area contributed by atoms with Crippen molar-refractivity contribution in [1.29, 1.82) is 0 Å². The summed E-state index contributed by atoms with van der Waals surface area (Å²) < 4.78 is 5.25. The molecule has 1 heterocycles. The number of rotatable bonds is 5. The number of nitrogens with zero attached hydrogens (tertiary/aromatic N) is 2. The molecule has 0 aliphatic carbocycles. The van der Waals surface area contributed by atoms with Crippen LogP contribution >= 0.6 is 11.3 Å². The minimum Gasteiger partial charge on any atom is -0.496 e. The number of para-hydroxylation sites is 1. The highest BCUT2D eigenvalue weighted by Crippen LogP contribution is 2.19. The largest absolute Gasteiger partial charge is 0.496 e. The summed E-state index contributed by atoms with van der Waals surface area (Å²) in [6.07, 6.45) is 1.02. The Hall–Kier alpha value is -1.95. The van der Waals surface area contributed by atoms with Gasteiger partial charge in [-0.25, -0.2) is 0 Å². The normalized spacial score (nSPS) is 10.2. The first-order chi connectivity index (χ1) is 9.19. The van der Waals surface area contributed by atoms with Crippen molar-refractivity contribution in [3.8, 4) is 5.75 Å². The summed E-state index contributed by atoms with van der Waals surface area (Å²) in [6.45, 7) is 1.85. The Kier molecular flexibility index (Phi) is 4.46. The summed E-state index contributed by atoms with van der Waals surface area (Å²) in [6, 6.07) is 7.69. The predicted molar refractivity (Wildman–Crippen MR) is 74.6 cm³/mol. The minimum absolute atomic E-state index is 0.0675. The van der Waals surface area contributed by atoms with E-state index in [2.05, 4.69) is 15.5 Å². The van der Waals surface area contributed by atoms with E-state index < -0.39 is 0 Å². The molecule has 0 saturated heterocycles. The van der Waals surface area contributed by atoms with Gasteiger partial charge in [0, 0.05) is 6.42 Å². The SMILES string of the molecule is COc1ccccc1CCC(=O)Nc1nnc(C)s1. The molecular weight excluding hydrogens is 262 g/mol. The lowest BCUT2D eigenvalue weighted by Crippen LogP contribution is -2.12. The standard InChI is InChI=1S/C13H15N3O2S/c1-9-15-16-13(19-9)14-12(17)8-7-10-5-3-4-6-11(10)18-2/h3-6H,7-8H2,1-2H3,(H,14,16,17). The van der Waals surface area contributed by atoms with Crippen LogP contribution in [0.15, 0.2) is 24.3 Å². The second-order valence-electron chi connectivity index (χ2n) is 3.99. The van der Waals surface area contributed by atoms with Crippen LogP contribution in [0.3, 0.4) is 0 Å². The molecule has 1 amide bonds. The molecule has 19 heavy (non-hydrogen) atoms. The quantitative estimate of drug-likeness (QED) is 0.911. The van der Waals surface area contributed by atoms with Crippen LogP contribution in [0.5, 0.6) is 5.75 Å². The molecule has 0 spiro atoms. The molecule has 0 aliphatic rings. The zero-order chi connectivity index (χ0) is 13.7. The average Bonchev–Trinajstić information content (AvgIpc) is 2.82. The average molecular weight is 277 g/mol. The van der Waals surface area contributed by atoms with Crippen molar-refractivity contribution in [2.75, 3.05) is 12.4 Å². The molecule has 0 fully saturated rings. The molecule has 1 N–H and O–H groups in total. The molecule has 5 nitrogen and oxygen atoms in total. The topological polar surface area (TPSA) is 64.1 Å². The van der Waals surface area contributed by atoms with Gasteiger partial charge in [0.25, 0.3) is 0 Å². The zero-order valence-electron chi connectivity index (χ0n) is 10.8. The zero-order valence-corrected chi connectivity index (χ0v) is 11.7. The van der Waals surface area contributed by atoms with Gasteiger partial charge in [-0.3, -0.25) is 4.79 Å². The highest BCUT2D eigenvalue weighted by Gasteiger charge is 2.08. The van der Waals surface area contributed by atoms with Crippen molar-refractivity contribution < 1.29 is 9.53 Å². The summed E-state index contributed by atoms with van der Waals surface area (Å²) in [5.74, 6) is 0.740. The van der Waals surface area contributed by atoms with Gasteiger partial charge < -0.3 is 10.1 Å². The third kappa shape index (κ3) is 3.75. The Labute approximate surface area is 115 Å². The number of aryl methyl sites for hydroxylation is 2. The molecule has 1 aromatic carbocycles. The molecule has 100 valence electrons. The summed E-state index contributed by atoms with van der Waals surface area (Å²) in [5, 5.41) is 11.8. The van der Waals surface area contributed by atoms with Crippen molar-refractivity contribution >= 4 is 22.4 Å². The number of aromatic nitrogens is 2. The van der Waals surface area contributed by atoms with E-state index in [0.29, 0.717) is 18.0 Å². The number of hydrogen-bond donors (Lipinski definition) is 1. The van der Waals surface area contributed by atoms with Crippen LogP contribution in [-0.4, -0.2) is 23.2 Å². The number of amides is 1. The van der Waals surface area contributed by atoms with Crippen molar-refractivity contribution in [2.24, 2.45) is 0 Å². The van der Waals surface area contributed by atoms with E-state index in [-0.39, 0.29) is 5.91 Å². The van der Waals surface area contributed by atoms with Crippen LogP contribution in [0.25, 0.3) is 0 Å². The van der Waals surface area contributed by atoms with E-state index in [0.717, 1.165) is 16.3 Å². The van der Waals surface area contributed by atoms with Crippen LogP contribution in [0.4, 0.5) is 5.13 Å². The fourth-order valence-electron chi connectivity index (χ4n) is 1.69. The summed E-state index contributed by atoms with van der Waals surface area (Å²) in [4.78, 5) is 11.8. The Morgan fingerprint density at radius 1 is 1.37 bits per heavy atom. The minimum atomic E-state index is -0.0675. The van der Waals surface area contributed by atoms with E-state index in [1.165, 1.54) is 11.3 Å². The van der Waals surface area contributed by atoms with E-state index in [4.69, 9.17) is 4.74 Å². The first-order valence-corrected chi connectivity index (χ1v) is 6.72. The molecule has 0 saturated carbocycles. The first-order valence-electron chi connectivity index (χ1n) is 5.91.